The first-order chi connectivity index (χ1) is 10.5. The average Bonchev–Trinajstić information content (AvgIpc) is 2.42. The highest BCUT2D eigenvalue weighted by Crippen LogP contribution is 2.56. The zero-order valence-electron chi connectivity index (χ0n) is 14.2. The highest BCUT2D eigenvalue weighted by atomic mass is 16.2. The minimum atomic E-state index is -0.0333. The van der Waals surface area contributed by atoms with Crippen LogP contribution in [0.3, 0.4) is 0 Å². The second-order valence-corrected chi connectivity index (χ2v) is 8.03. The minimum absolute atomic E-state index is 0.0333. The molecule has 4 saturated carbocycles. The SMILES string of the molecule is CCN(CC(=O)NC(C)C)C(=O)C1C2CC3CC(C2)CC1C3. The van der Waals surface area contributed by atoms with Crippen LogP contribution in [-0.4, -0.2) is 35.8 Å². The lowest BCUT2D eigenvalue weighted by atomic mass is 9.51. The summed E-state index contributed by atoms with van der Waals surface area (Å²) in [6, 6.07) is 0.127. The number of hydrogen-bond acceptors (Lipinski definition) is 2. The Bertz CT molecular complexity index is 418. The van der Waals surface area contributed by atoms with E-state index in [2.05, 4.69) is 5.32 Å². The van der Waals surface area contributed by atoms with Gasteiger partial charge in [0, 0.05) is 18.5 Å². The summed E-state index contributed by atoms with van der Waals surface area (Å²) in [5, 5.41) is 2.90. The molecular formula is C18H30N2O2. The number of nitrogens with zero attached hydrogens (tertiary/aromatic N) is 1. The molecule has 0 aromatic heterocycles. The number of nitrogens with one attached hydrogen (secondary N) is 1. The molecule has 4 fully saturated rings. The maximum absolute atomic E-state index is 13.0. The fourth-order valence-electron chi connectivity index (χ4n) is 5.43. The number of rotatable bonds is 5. The monoisotopic (exact) mass is 306 g/mol. The molecule has 124 valence electrons. The summed E-state index contributed by atoms with van der Waals surface area (Å²) in [7, 11) is 0. The number of amides is 2. The van der Waals surface area contributed by atoms with E-state index in [0.717, 1.165) is 11.8 Å². The number of carbonyl (C=O) groups excluding carboxylic acids is 2. The Morgan fingerprint density at radius 2 is 1.59 bits per heavy atom. The van der Waals surface area contributed by atoms with Crippen LogP contribution in [0.25, 0.3) is 0 Å². The summed E-state index contributed by atoms with van der Waals surface area (Å²) in [5.41, 5.74) is 0. The quantitative estimate of drug-likeness (QED) is 0.848. The van der Waals surface area contributed by atoms with Crippen molar-refractivity contribution in [2.24, 2.45) is 29.6 Å². The maximum atomic E-state index is 13.0. The lowest BCUT2D eigenvalue weighted by molar-refractivity contribution is -0.151. The highest BCUT2D eigenvalue weighted by Gasteiger charge is 2.51. The van der Waals surface area contributed by atoms with Crippen LogP contribution in [0.15, 0.2) is 0 Å². The van der Waals surface area contributed by atoms with Crippen LogP contribution in [0.1, 0.15) is 52.9 Å². The molecular weight excluding hydrogens is 276 g/mol. The molecule has 4 bridgehead atoms. The molecule has 4 heteroatoms. The lowest BCUT2D eigenvalue weighted by Gasteiger charge is -2.54. The molecule has 4 aliphatic rings. The van der Waals surface area contributed by atoms with Gasteiger partial charge in [-0.05, 0) is 76.5 Å². The van der Waals surface area contributed by atoms with Gasteiger partial charge in [0.2, 0.25) is 11.8 Å². The standard InChI is InChI=1S/C18H30N2O2/c1-4-20(10-16(21)19-11(2)3)18(22)17-14-6-12-5-13(8-14)9-15(17)7-12/h11-15,17H,4-10H2,1-3H3,(H,19,21). The third-order valence-electron chi connectivity index (χ3n) is 5.99. The summed E-state index contributed by atoms with van der Waals surface area (Å²) in [6.07, 6.45) is 6.40. The smallest absolute Gasteiger partial charge is 0.239 e. The molecule has 0 spiro atoms. The Hall–Kier alpha value is -1.06. The van der Waals surface area contributed by atoms with Crippen LogP contribution in [0.5, 0.6) is 0 Å². The van der Waals surface area contributed by atoms with Crippen LogP contribution in [0, 0.1) is 29.6 Å². The van der Waals surface area contributed by atoms with Gasteiger partial charge in [0.1, 0.15) is 0 Å². The second-order valence-electron chi connectivity index (χ2n) is 8.03. The van der Waals surface area contributed by atoms with Crippen molar-refractivity contribution in [3.05, 3.63) is 0 Å². The van der Waals surface area contributed by atoms with E-state index in [-0.39, 0.29) is 30.3 Å². The predicted molar refractivity (Wildman–Crippen MR) is 86.1 cm³/mol. The number of likely N-dealkylation sites (N-methyl/N-ethyl adjacent to an activating group) is 1. The molecule has 0 aliphatic heterocycles. The van der Waals surface area contributed by atoms with Gasteiger partial charge >= 0.3 is 0 Å². The molecule has 4 aliphatic carbocycles. The van der Waals surface area contributed by atoms with Crippen molar-refractivity contribution >= 4 is 11.8 Å². The molecule has 0 heterocycles. The Labute approximate surface area is 134 Å². The molecule has 1 N–H and O–H groups in total. The van der Waals surface area contributed by atoms with Crippen molar-refractivity contribution in [1.29, 1.82) is 0 Å². The van der Waals surface area contributed by atoms with Crippen molar-refractivity contribution in [2.45, 2.75) is 58.9 Å². The Morgan fingerprint density at radius 3 is 2.05 bits per heavy atom. The van der Waals surface area contributed by atoms with Crippen molar-refractivity contribution < 1.29 is 9.59 Å². The van der Waals surface area contributed by atoms with Crippen LogP contribution >= 0.6 is 0 Å². The summed E-state index contributed by atoms with van der Waals surface area (Å²) in [5.74, 6) is 3.34. The van der Waals surface area contributed by atoms with Gasteiger partial charge in [-0.3, -0.25) is 9.59 Å². The van der Waals surface area contributed by atoms with Crippen LogP contribution < -0.4 is 5.32 Å². The Morgan fingerprint density at radius 1 is 1.05 bits per heavy atom. The first-order valence-corrected chi connectivity index (χ1v) is 9.06. The third kappa shape index (κ3) is 3.02. The molecule has 0 aromatic rings. The van der Waals surface area contributed by atoms with Gasteiger partial charge in [-0.25, -0.2) is 0 Å². The van der Waals surface area contributed by atoms with Crippen LogP contribution in [-0.2, 0) is 9.59 Å². The van der Waals surface area contributed by atoms with Crippen molar-refractivity contribution in [1.82, 2.24) is 10.2 Å². The molecule has 0 saturated heterocycles. The fraction of sp³-hybridized carbons (Fsp3) is 0.889. The largest absolute Gasteiger partial charge is 0.352 e. The fourth-order valence-corrected chi connectivity index (χ4v) is 5.43. The average molecular weight is 306 g/mol. The summed E-state index contributed by atoms with van der Waals surface area (Å²) >= 11 is 0. The van der Waals surface area contributed by atoms with Gasteiger partial charge in [0.25, 0.3) is 0 Å². The summed E-state index contributed by atoms with van der Waals surface area (Å²) in [4.78, 5) is 26.8. The molecule has 0 unspecified atom stereocenters. The molecule has 4 nitrogen and oxygen atoms in total. The van der Waals surface area contributed by atoms with Crippen molar-refractivity contribution in [3.8, 4) is 0 Å². The van der Waals surface area contributed by atoms with E-state index in [0.29, 0.717) is 18.4 Å². The molecule has 0 radical (unpaired) electrons. The van der Waals surface area contributed by atoms with E-state index in [9.17, 15) is 9.59 Å². The molecule has 0 aromatic carbocycles. The zero-order valence-corrected chi connectivity index (χ0v) is 14.2. The van der Waals surface area contributed by atoms with E-state index in [1.54, 1.807) is 4.90 Å². The van der Waals surface area contributed by atoms with Crippen LogP contribution in [0.4, 0.5) is 0 Å². The van der Waals surface area contributed by atoms with E-state index in [4.69, 9.17) is 0 Å². The Balaban J connectivity index is 1.65. The molecule has 2 amide bonds. The first-order valence-electron chi connectivity index (χ1n) is 9.06. The van der Waals surface area contributed by atoms with E-state index < -0.39 is 0 Å². The number of carbonyl (C=O) groups is 2. The van der Waals surface area contributed by atoms with Gasteiger partial charge in [0.05, 0.1) is 6.54 Å². The van der Waals surface area contributed by atoms with Gasteiger partial charge in [-0.2, -0.15) is 0 Å². The van der Waals surface area contributed by atoms with Crippen molar-refractivity contribution in [2.75, 3.05) is 13.1 Å². The van der Waals surface area contributed by atoms with Gasteiger partial charge in [-0.1, -0.05) is 0 Å². The maximum Gasteiger partial charge on any atom is 0.239 e. The van der Waals surface area contributed by atoms with Crippen molar-refractivity contribution in [3.63, 3.8) is 0 Å². The van der Waals surface area contributed by atoms with E-state index in [1.165, 1.54) is 32.1 Å². The first kappa shape index (κ1) is 15.8. The van der Waals surface area contributed by atoms with E-state index >= 15 is 0 Å². The normalized spacial score (nSPS) is 35.7. The highest BCUT2D eigenvalue weighted by molar-refractivity contribution is 5.86. The van der Waals surface area contributed by atoms with Crippen LogP contribution in [0.2, 0.25) is 0 Å². The predicted octanol–water partition coefficient (Wildman–Crippen LogP) is 2.43. The van der Waals surface area contributed by atoms with E-state index in [1.807, 2.05) is 20.8 Å². The lowest BCUT2D eigenvalue weighted by Crippen LogP contribution is -2.53. The Kier molecular flexibility index (Phi) is 4.47. The molecule has 4 rings (SSSR count). The van der Waals surface area contributed by atoms with Gasteiger partial charge in [0.15, 0.2) is 0 Å². The molecule has 22 heavy (non-hydrogen) atoms. The summed E-state index contributed by atoms with van der Waals surface area (Å²) < 4.78 is 0. The zero-order chi connectivity index (χ0) is 15.9. The van der Waals surface area contributed by atoms with Gasteiger partial charge < -0.3 is 10.2 Å². The van der Waals surface area contributed by atoms with Gasteiger partial charge in [-0.15, -0.1) is 0 Å². The summed E-state index contributed by atoms with van der Waals surface area (Å²) in [6.45, 7) is 6.74. The topological polar surface area (TPSA) is 49.4 Å². The minimum Gasteiger partial charge on any atom is -0.352 e. The number of hydrogen-bond donors (Lipinski definition) is 1. The molecule has 0 atom stereocenters. The second kappa shape index (κ2) is 6.21. The third-order valence-corrected chi connectivity index (χ3v) is 5.99.